The van der Waals surface area contributed by atoms with Gasteiger partial charge in [0.05, 0.1) is 5.71 Å². The van der Waals surface area contributed by atoms with Crippen LogP contribution in [0.3, 0.4) is 0 Å². The van der Waals surface area contributed by atoms with Crippen molar-refractivity contribution < 1.29 is 9.53 Å². The summed E-state index contributed by atoms with van der Waals surface area (Å²) in [5.41, 5.74) is 6.54. The highest BCUT2D eigenvalue weighted by Crippen LogP contribution is 2.47. The van der Waals surface area contributed by atoms with Crippen molar-refractivity contribution in [3.63, 3.8) is 0 Å². The maximum atomic E-state index is 12.4. The highest BCUT2D eigenvalue weighted by atomic mass is 35.5. The van der Waals surface area contributed by atoms with E-state index in [4.69, 9.17) is 16.3 Å². The molecule has 0 heterocycles. The zero-order valence-electron chi connectivity index (χ0n) is 16.7. The number of halogens is 1. The van der Waals surface area contributed by atoms with Crippen molar-refractivity contribution in [2.75, 3.05) is 0 Å². The molecule has 0 aliphatic heterocycles. The Labute approximate surface area is 181 Å². The van der Waals surface area contributed by atoms with Crippen molar-refractivity contribution >= 4 is 23.2 Å². The summed E-state index contributed by atoms with van der Waals surface area (Å²) in [6.45, 7) is 2.29. The third-order valence-electron chi connectivity index (χ3n) is 5.31. The van der Waals surface area contributed by atoms with Crippen LogP contribution < -0.4 is 10.2 Å². The Hall–Kier alpha value is -3.11. The molecular weight excluding hydrogens is 396 g/mol. The third kappa shape index (κ3) is 4.89. The average Bonchev–Trinajstić information content (AvgIpc) is 3.59. The molecule has 2 atom stereocenters. The monoisotopic (exact) mass is 418 g/mol. The second-order valence-corrected chi connectivity index (χ2v) is 7.84. The molecule has 0 spiro atoms. The van der Waals surface area contributed by atoms with E-state index in [0.29, 0.717) is 17.5 Å². The van der Waals surface area contributed by atoms with Crippen LogP contribution >= 0.6 is 11.6 Å². The minimum Gasteiger partial charge on any atom is -0.489 e. The van der Waals surface area contributed by atoms with Gasteiger partial charge < -0.3 is 4.74 Å². The van der Waals surface area contributed by atoms with Crippen molar-refractivity contribution in [3.05, 3.63) is 101 Å². The number of nitrogens with zero attached hydrogens (tertiary/aromatic N) is 1. The molecule has 5 heteroatoms. The number of nitrogens with one attached hydrogen (secondary N) is 1. The number of carbonyl (C=O) groups is 1. The highest BCUT2D eigenvalue weighted by Gasteiger charge is 2.43. The summed E-state index contributed by atoms with van der Waals surface area (Å²) in [5.74, 6) is 1.03. The fourth-order valence-electron chi connectivity index (χ4n) is 3.41. The molecule has 1 amide bonds. The first-order valence-electron chi connectivity index (χ1n) is 9.97. The molecule has 0 saturated heterocycles. The van der Waals surface area contributed by atoms with Gasteiger partial charge in [0.25, 0.3) is 0 Å². The van der Waals surface area contributed by atoms with Crippen LogP contribution in [0.5, 0.6) is 5.75 Å². The summed E-state index contributed by atoms with van der Waals surface area (Å²) in [6, 6.07) is 25.4. The molecule has 3 aromatic rings. The quantitative estimate of drug-likeness (QED) is 0.403. The lowest BCUT2D eigenvalue weighted by molar-refractivity contribution is -0.122. The Morgan fingerprint density at radius 2 is 1.73 bits per heavy atom. The fraction of sp³-hybridized carbons (Fsp3) is 0.200. The molecule has 4 nitrogen and oxygen atoms in total. The number of amides is 1. The number of carbonyl (C=O) groups excluding carboxylic acids is 1. The molecule has 1 fully saturated rings. The predicted octanol–water partition coefficient (Wildman–Crippen LogP) is 5.56. The smallest absolute Gasteiger partial charge is 0.243 e. The molecule has 1 aliphatic rings. The summed E-state index contributed by atoms with van der Waals surface area (Å²) in [5, 5.41) is 4.97. The van der Waals surface area contributed by atoms with Crippen LogP contribution in [-0.4, -0.2) is 11.6 Å². The molecule has 0 unspecified atom stereocenters. The molecule has 0 radical (unpaired) electrons. The molecule has 30 heavy (non-hydrogen) atoms. The Kier molecular flexibility index (Phi) is 6.15. The first kappa shape index (κ1) is 20.2. The van der Waals surface area contributed by atoms with E-state index in [9.17, 15) is 4.79 Å². The van der Waals surface area contributed by atoms with Crippen LogP contribution in [0.15, 0.2) is 84.0 Å². The van der Waals surface area contributed by atoms with E-state index >= 15 is 0 Å². The SMILES string of the molecule is C/C(=N\NC(=O)[C@H]1C[C@@H]1c1ccccc1)c1ccc(OCc2ccccc2Cl)cc1. The number of rotatable bonds is 7. The van der Waals surface area contributed by atoms with Crippen molar-refractivity contribution in [1.29, 1.82) is 0 Å². The van der Waals surface area contributed by atoms with E-state index in [-0.39, 0.29) is 11.8 Å². The molecule has 0 bridgehead atoms. The lowest BCUT2D eigenvalue weighted by Crippen LogP contribution is -2.21. The number of hydrogen-bond acceptors (Lipinski definition) is 3. The van der Waals surface area contributed by atoms with Gasteiger partial charge >= 0.3 is 0 Å². The minimum atomic E-state index is -0.0251. The molecule has 0 aromatic heterocycles. The Morgan fingerprint density at radius 3 is 2.47 bits per heavy atom. The van der Waals surface area contributed by atoms with E-state index in [0.717, 1.165) is 29.0 Å². The van der Waals surface area contributed by atoms with Crippen molar-refractivity contribution in [1.82, 2.24) is 5.43 Å². The highest BCUT2D eigenvalue weighted by molar-refractivity contribution is 6.31. The minimum absolute atomic E-state index is 0.00420. The summed E-state index contributed by atoms with van der Waals surface area (Å²) in [6.07, 6.45) is 0.877. The van der Waals surface area contributed by atoms with Crippen molar-refractivity contribution in [2.45, 2.75) is 25.9 Å². The Morgan fingerprint density at radius 1 is 1.03 bits per heavy atom. The second-order valence-electron chi connectivity index (χ2n) is 7.44. The summed E-state index contributed by atoms with van der Waals surface area (Å²) in [7, 11) is 0. The van der Waals surface area contributed by atoms with Crippen LogP contribution in [0.2, 0.25) is 5.02 Å². The van der Waals surface area contributed by atoms with Gasteiger partial charge in [0, 0.05) is 16.5 Å². The van der Waals surface area contributed by atoms with Crippen LogP contribution in [0.4, 0.5) is 0 Å². The largest absolute Gasteiger partial charge is 0.489 e. The topological polar surface area (TPSA) is 50.7 Å². The molecule has 1 N–H and O–H groups in total. The van der Waals surface area contributed by atoms with Crippen molar-refractivity contribution in [2.24, 2.45) is 11.0 Å². The Bertz CT molecular complexity index is 1050. The molecule has 4 rings (SSSR count). The van der Waals surface area contributed by atoms with E-state index in [1.165, 1.54) is 5.56 Å². The first-order chi connectivity index (χ1) is 14.6. The van der Waals surface area contributed by atoms with Gasteiger partial charge in [-0.1, -0.05) is 60.1 Å². The lowest BCUT2D eigenvalue weighted by Gasteiger charge is -2.09. The summed E-state index contributed by atoms with van der Waals surface area (Å²) in [4.78, 5) is 12.4. The van der Waals surface area contributed by atoms with Crippen LogP contribution in [0.1, 0.15) is 36.0 Å². The van der Waals surface area contributed by atoms with E-state index in [1.54, 1.807) is 0 Å². The normalized spacial score (nSPS) is 18.0. The van der Waals surface area contributed by atoms with Gasteiger partial charge in [0.2, 0.25) is 5.91 Å². The van der Waals surface area contributed by atoms with Gasteiger partial charge in [0.1, 0.15) is 12.4 Å². The first-order valence-corrected chi connectivity index (χ1v) is 10.4. The standard InChI is InChI=1S/C25H23ClN2O2/c1-17(27-28-25(29)23-15-22(23)19-7-3-2-4-8-19)18-11-13-21(14-12-18)30-16-20-9-5-6-10-24(20)26/h2-14,22-23H,15-16H2,1H3,(H,28,29)/b27-17+/t22-,23+/m1/s1. The molecule has 1 saturated carbocycles. The fourth-order valence-corrected chi connectivity index (χ4v) is 3.60. The molecular formula is C25H23ClN2O2. The van der Waals surface area contributed by atoms with Gasteiger partial charge in [-0.3, -0.25) is 4.79 Å². The van der Waals surface area contributed by atoms with E-state index < -0.39 is 0 Å². The van der Waals surface area contributed by atoms with Gasteiger partial charge in [-0.15, -0.1) is 0 Å². The van der Waals surface area contributed by atoms with Gasteiger partial charge in [0.15, 0.2) is 0 Å². The predicted molar refractivity (Wildman–Crippen MR) is 120 cm³/mol. The zero-order chi connectivity index (χ0) is 20.9. The lowest BCUT2D eigenvalue weighted by atomic mass is 10.1. The average molecular weight is 419 g/mol. The number of hydrazone groups is 1. The molecule has 152 valence electrons. The van der Waals surface area contributed by atoms with Crippen molar-refractivity contribution in [3.8, 4) is 5.75 Å². The third-order valence-corrected chi connectivity index (χ3v) is 5.68. The molecule has 3 aromatic carbocycles. The van der Waals surface area contributed by atoms with Gasteiger partial charge in [-0.05, 0) is 60.7 Å². The van der Waals surface area contributed by atoms with Gasteiger partial charge in [-0.25, -0.2) is 5.43 Å². The number of ether oxygens (including phenoxy) is 1. The zero-order valence-corrected chi connectivity index (χ0v) is 17.5. The summed E-state index contributed by atoms with van der Waals surface area (Å²) < 4.78 is 5.81. The maximum absolute atomic E-state index is 12.4. The second kappa shape index (κ2) is 9.14. The van der Waals surface area contributed by atoms with E-state index in [2.05, 4.69) is 22.7 Å². The van der Waals surface area contributed by atoms with Gasteiger partial charge in [-0.2, -0.15) is 5.10 Å². The van der Waals surface area contributed by atoms with Crippen LogP contribution in [-0.2, 0) is 11.4 Å². The van der Waals surface area contributed by atoms with Crippen LogP contribution in [0.25, 0.3) is 0 Å². The van der Waals surface area contributed by atoms with E-state index in [1.807, 2.05) is 73.7 Å². The molecule has 1 aliphatic carbocycles. The Balaban J connectivity index is 1.30. The number of benzene rings is 3. The summed E-state index contributed by atoms with van der Waals surface area (Å²) >= 11 is 6.16. The van der Waals surface area contributed by atoms with Crippen LogP contribution in [0, 0.1) is 5.92 Å². The maximum Gasteiger partial charge on any atom is 0.243 e. The number of hydrogen-bond donors (Lipinski definition) is 1.